The number of amidine groups is 1. The molecule has 0 fully saturated rings. The minimum absolute atomic E-state index is 0.0918. The average Bonchev–Trinajstić information content (AvgIpc) is 2.34. The molecule has 19 heavy (non-hydrogen) atoms. The number of hydrogen-bond donors (Lipinski definition) is 5. The maximum absolute atomic E-state index is 11.8. The summed E-state index contributed by atoms with van der Waals surface area (Å²) in [6.07, 6.45) is -0.545. The molecule has 8 nitrogen and oxygen atoms in total. The van der Waals surface area contributed by atoms with Gasteiger partial charge in [0.25, 0.3) is 0 Å². The van der Waals surface area contributed by atoms with E-state index in [1.165, 1.54) is 11.2 Å². The summed E-state index contributed by atoms with van der Waals surface area (Å²) in [6, 6.07) is -0.919. The number of aliphatic hydroxyl groups is 3. The first kappa shape index (κ1) is 15.5. The number of nitrogens with zero attached hydrogens (tertiary/aromatic N) is 2. The maximum Gasteiger partial charge on any atom is 0.328 e. The van der Waals surface area contributed by atoms with Gasteiger partial charge in [-0.3, -0.25) is 20.6 Å². The molecule has 2 amide bonds. The highest BCUT2D eigenvalue weighted by Gasteiger charge is 2.25. The zero-order valence-electron chi connectivity index (χ0n) is 10.8. The monoisotopic (exact) mass is 272 g/mol. The van der Waals surface area contributed by atoms with Gasteiger partial charge in [0.05, 0.1) is 19.0 Å². The van der Waals surface area contributed by atoms with Crippen molar-refractivity contribution in [3.63, 3.8) is 0 Å². The molecule has 3 atom stereocenters. The first-order chi connectivity index (χ1) is 8.95. The van der Waals surface area contributed by atoms with Crippen molar-refractivity contribution >= 4 is 18.2 Å². The number of aliphatic hydroxyl groups excluding tert-OH is 3. The molecular formula is C11H20N4O4. The van der Waals surface area contributed by atoms with Gasteiger partial charge in [-0.1, -0.05) is 0 Å². The van der Waals surface area contributed by atoms with Crippen molar-refractivity contribution in [3.8, 4) is 0 Å². The molecule has 0 aromatic rings. The molecular weight excluding hydrogens is 252 g/mol. The highest BCUT2D eigenvalue weighted by molar-refractivity contribution is 6.00. The van der Waals surface area contributed by atoms with Gasteiger partial charge in [-0.05, 0) is 13.3 Å². The van der Waals surface area contributed by atoms with Crippen LogP contribution in [0.4, 0.5) is 4.79 Å². The van der Waals surface area contributed by atoms with Gasteiger partial charge in [0, 0.05) is 19.0 Å². The minimum atomic E-state index is -1.24. The van der Waals surface area contributed by atoms with E-state index < -0.39 is 30.9 Å². The Balaban J connectivity index is 2.67. The Hall–Kier alpha value is -1.51. The van der Waals surface area contributed by atoms with Gasteiger partial charge < -0.3 is 15.3 Å². The number of carbonyl (C=O) groups excluding carboxylic acids is 1. The topological polar surface area (TPSA) is 129 Å². The fourth-order valence-electron chi connectivity index (χ4n) is 1.69. The van der Waals surface area contributed by atoms with Gasteiger partial charge in [0.1, 0.15) is 11.9 Å². The largest absolute Gasteiger partial charge is 0.394 e. The van der Waals surface area contributed by atoms with Crippen LogP contribution in [-0.2, 0) is 0 Å². The number of rotatable bonds is 5. The molecule has 1 unspecified atom stereocenters. The van der Waals surface area contributed by atoms with E-state index in [0.29, 0.717) is 13.0 Å². The third-order valence-corrected chi connectivity index (χ3v) is 2.88. The van der Waals surface area contributed by atoms with Crippen LogP contribution in [0.15, 0.2) is 4.99 Å². The first-order valence-corrected chi connectivity index (χ1v) is 6.09. The molecule has 1 heterocycles. The number of amides is 2. The second kappa shape index (κ2) is 7.17. The Bertz CT molecular complexity index is 361. The van der Waals surface area contributed by atoms with Gasteiger partial charge in [0.15, 0.2) is 0 Å². The lowest BCUT2D eigenvalue weighted by Crippen LogP contribution is -2.49. The zero-order chi connectivity index (χ0) is 14.4. The number of carbonyl (C=O) groups is 1. The summed E-state index contributed by atoms with van der Waals surface area (Å²) in [5, 5.41) is 37.5. The molecule has 1 aliphatic heterocycles. The summed E-state index contributed by atoms with van der Waals surface area (Å²) in [4.78, 5) is 17.1. The maximum atomic E-state index is 11.8. The number of urea groups is 1. The van der Waals surface area contributed by atoms with Crippen molar-refractivity contribution in [3.05, 3.63) is 0 Å². The van der Waals surface area contributed by atoms with Crippen LogP contribution in [0.3, 0.4) is 0 Å². The molecule has 0 radical (unpaired) electrons. The van der Waals surface area contributed by atoms with Gasteiger partial charge in [-0.15, -0.1) is 0 Å². The van der Waals surface area contributed by atoms with E-state index in [9.17, 15) is 15.0 Å². The highest BCUT2D eigenvalue weighted by atomic mass is 16.4. The summed E-state index contributed by atoms with van der Waals surface area (Å²) >= 11 is 0. The molecule has 0 aromatic heterocycles. The SMILES string of the molecule is C[C@H](CC(O)[C@H](O)CO)N1C=NCCC(=N)NC1=O. The van der Waals surface area contributed by atoms with E-state index in [4.69, 9.17) is 10.5 Å². The van der Waals surface area contributed by atoms with Crippen molar-refractivity contribution < 1.29 is 20.1 Å². The molecule has 1 aliphatic rings. The second-order valence-electron chi connectivity index (χ2n) is 4.49. The molecule has 0 aromatic carbocycles. The van der Waals surface area contributed by atoms with E-state index in [1.54, 1.807) is 6.92 Å². The van der Waals surface area contributed by atoms with Crippen LogP contribution in [0.2, 0.25) is 0 Å². The molecule has 0 aliphatic carbocycles. The van der Waals surface area contributed by atoms with Crippen LogP contribution in [0.1, 0.15) is 19.8 Å². The Morgan fingerprint density at radius 2 is 2.21 bits per heavy atom. The molecule has 0 spiro atoms. The molecule has 0 saturated carbocycles. The van der Waals surface area contributed by atoms with E-state index in [2.05, 4.69) is 10.3 Å². The van der Waals surface area contributed by atoms with Crippen molar-refractivity contribution in [2.75, 3.05) is 13.2 Å². The Kier molecular flexibility index (Phi) is 5.87. The second-order valence-corrected chi connectivity index (χ2v) is 4.49. The predicted molar refractivity (Wildman–Crippen MR) is 69.3 cm³/mol. The molecule has 8 heteroatoms. The average molecular weight is 272 g/mol. The van der Waals surface area contributed by atoms with Crippen molar-refractivity contribution in [2.45, 2.75) is 38.0 Å². The summed E-state index contributed by atoms with van der Waals surface area (Å²) in [5.74, 6) is 0.0926. The Morgan fingerprint density at radius 3 is 2.84 bits per heavy atom. The molecule has 108 valence electrons. The third kappa shape index (κ3) is 4.58. The van der Waals surface area contributed by atoms with E-state index in [1.807, 2.05) is 0 Å². The van der Waals surface area contributed by atoms with Crippen molar-refractivity contribution in [1.82, 2.24) is 10.2 Å². The van der Waals surface area contributed by atoms with Gasteiger partial charge in [-0.2, -0.15) is 0 Å². The molecule has 0 saturated heterocycles. The predicted octanol–water partition coefficient (Wildman–Crippen LogP) is -1.10. The lowest BCUT2D eigenvalue weighted by Gasteiger charge is -2.29. The number of aliphatic imine (C=N–C) groups is 1. The fraction of sp³-hybridized carbons (Fsp3) is 0.727. The normalized spacial score (nSPS) is 21.4. The summed E-state index contributed by atoms with van der Waals surface area (Å²) in [7, 11) is 0. The van der Waals surface area contributed by atoms with Crippen LogP contribution >= 0.6 is 0 Å². The van der Waals surface area contributed by atoms with E-state index in [0.717, 1.165) is 0 Å². The fourth-order valence-corrected chi connectivity index (χ4v) is 1.69. The van der Waals surface area contributed by atoms with Gasteiger partial charge >= 0.3 is 6.03 Å². The first-order valence-electron chi connectivity index (χ1n) is 6.09. The van der Waals surface area contributed by atoms with Gasteiger partial charge in [-0.25, -0.2) is 4.79 Å². The summed E-state index contributed by atoms with van der Waals surface area (Å²) in [5.41, 5.74) is 0. The van der Waals surface area contributed by atoms with Crippen LogP contribution in [0.25, 0.3) is 0 Å². The lowest BCUT2D eigenvalue weighted by molar-refractivity contribution is -0.0234. The molecule has 1 rings (SSSR count). The van der Waals surface area contributed by atoms with E-state index in [-0.39, 0.29) is 12.3 Å². The third-order valence-electron chi connectivity index (χ3n) is 2.88. The van der Waals surface area contributed by atoms with Gasteiger partial charge in [0.2, 0.25) is 0 Å². The number of hydrogen-bond acceptors (Lipinski definition) is 6. The van der Waals surface area contributed by atoms with Crippen LogP contribution in [-0.4, -0.2) is 69.8 Å². The lowest BCUT2D eigenvalue weighted by atomic mass is 10.1. The molecule has 5 N–H and O–H groups in total. The summed E-state index contributed by atoms with van der Waals surface area (Å²) < 4.78 is 0. The smallest absolute Gasteiger partial charge is 0.328 e. The van der Waals surface area contributed by atoms with Crippen molar-refractivity contribution in [2.24, 2.45) is 4.99 Å². The van der Waals surface area contributed by atoms with Crippen LogP contribution in [0, 0.1) is 5.41 Å². The Morgan fingerprint density at radius 1 is 1.53 bits per heavy atom. The number of nitrogens with one attached hydrogen (secondary N) is 2. The highest BCUT2D eigenvalue weighted by Crippen LogP contribution is 2.10. The van der Waals surface area contributed by atoms with Crippen molar-refractivity contribution in [1.29, 1.82) is 5.41 Å². The summed E-state index contributed by atoms with van der Waals surface area (Å²) in [6.45, 7) is 1.55. The van der Waals surface area contributed by atoms with Crippen LogP contribution < -0.4 is 5.32 Å². The minimum Gasteiger partial charge on any atom is -0.394 e. The van der Waals surface area contributed by atoms with Crippen LogP contribution in [0.5, 0.6) is 0 Å². The zero-order valence-corrected chi connectivity index (χ0v) is 10.8. The molecule has 0 bridgehead atoms. The Labute approximate surface area is 111 Å². The quantitative estimate of drug-likeness (QED) is 0.435. The standard InChI is InChI=1S/C11H20N4O4/c1-7(4-8(17)9(18)5-16)15-6-13-3-2-10(12)14-11(15)19/h6-9,16-18H,2-5H2,1H3,(H2,12,14,19)/t7-,8?,9-/m1/s1. The van der Waals surface area contributed by atoms with E-state index >= 15 is 0 Å².